The van der Waals surface area contributed by atoms with Gasteiger partial charge in [-0.1, -0.05) is 0 Å². The normalized spacial score (nSPS) is 9.80. The van der Waals surface area contributed by atoms with E-state index in [1.807, 2.05) is 6.26 Å². The van der Waals surface area contributed by atoms with Crippen LogP contribution in [0.15, 0.2) is 18.3 Å². The lowest BCUT2D eigenvalue weighted by Gasteiger charge is -1.94. The highest BCUT2D eigenvalue weighted by atomic mass is 32.2. The molecule has 1 heterocycles. The first-order valence-corrected chi connectivity index (χ1v) is 4.31. The maximum Gasteiger partial charge on any atom is 0.141 e. The zero-order valence-corrected chi connectivity index (χ0v) is 6.49. The van der Waals surface area contributed by atoms with E-state index in [0.29, 0.717) is 0 Å². The second kappa shape index (κ2) is 3.56. The van der Waals surface area contributed by atoms with Crippen LogP contribution in [0, 0.1) is 5.82 Å². The summed E-state index contributed by atoms with van der Waals surface area (Å²) in [4.78, 5) is 3.87. The summed E-state index contributed by atoms with van der Waals surface area (Å²) in [7, 11) is 0. The number of aromatic nitrogens is 1. The van der Waals surface area contributed by atoms with Gasteiger partial charge in [-0.15, -0.1) is 0 Å². The van der Waals surface area contributed by atoms with E-state index in [0.717, 1.165) is 11.4 Å². The van der Waals surface area contributed by atoms with Crippen molar-refractivity contribution in [2.24, 2.45) is 0 Å². The van der Waals surface area contributed by atoms with E-state index in [9.17, 15) is 4.39 Å². The molecule has 1 aromatic rings. The standard InChI is InChI=1S/C7H8FNS/c1-10-5-7-3-2-6(8)4-9-7/h2-4H,5H2,1H3. The van der Waals surface area contributed by atoms with Gasteiger partial charge in [-0.25, -0.2) is 4.39 Å². The van der Waals surface area contributed by atoms with Crippen LogP contribution in [0.3, 0.4) is 0 Å². The smallest absolute Gasteiger partial charge is 0.141 e. The number of rotatable bonds is 2. The minimum Gasteiger partial charge on any atom is -0.257 e. The Balaban J connectivity index is 2.69. The van der Waals surface area contributed by atoms with Crippen molar-refractivity contribution in [2.75, 3.05) is 6.26 Å². The SMILES string of the molecule is CSCc1ccc(F)cn1. The molecule has 0 atom stereocenters. The molecular weight excluding hydrogens is 149 g/mol. The van der Waals surface area contributed by atoms with Gasteiger partial charge in [-0.2, -0.15) is 11.8 Å². The Labute approximate surface area is 63.7 Å². The minimum absolute atomic E-state index is 0.273. The Hall–Kier alpha value is -0.570. The third-order valence-corrected chi connectivity index (χ3v) is 1.67. The fourth-order valence-corrected chi connectivity index (χ4v) is 1.11. The molecule has 10 heavy (non-hydrogen) atoms. The van der Waals surface area contributed by atoms with Crippen molar-refractivity contribution in [1.82, 2.24) is 4.98 Å². The third kappa shape index (κ3) is 1.99. The first-order chi connectivity index (χ1) is 4.83. The minimum atomic E-state index is -0.273. The van der Waals surface area contributed by atoms with Crippen molar-refractivity contribution >= 4 is 11.8 Å². The highest BCUT2D eigenvalue weighted by Gasteiger charge is 1.92. The molecule has 1 nitrogen and oxygen atoms in total. The number of hydrogen-bond donors (Lipinski definition) is 0. The van der Waals surface area contributed by atoms with E-state index in [4.69, 9.17) is 0 Å². The molecule has 0 aliphatic rings. The quantitative estimate of drug-likeness (QED) is 0.652. The molecule has 54 valence electrons. The van der Waals surface area contributed by atoms with Crippen molar-refractivity contribution in [2.45, 2.75) is 5.75 Å². The summed E-state index contributed by atoms with van der Waals surface area (Å²) in [6, 6.07) is 3.13. The van der Waals surface area contributed by atoms with Gasteiger partial charge in [0.25, 0.3) is 0 Å². The Morgan fingerprint density at radius 2 is 2.40 bits per heavy atom. The molecule has 1 aromatic heterocycles. The van der Waals surface area contributed by atoms with Crippen molar-refractivity contribution in [3.05, 3.63) is 29.8 Å². The fraction of sp³-hybridized carbons (Fsp3) is 0.286. The molecule has 0 radical (unpaired) electrons. The lowest BCUT2D eigenvalue weighted by Crippen LogP contribution is -1.85. The van der Waals surface area contributed by atoms with Gasteiger partial charge in [0, 0.05) is 5.75 Å². The summed E-state index contributed by atoms with van der Waals surface area (Å²) < 4.78 is 12.3. The molecule has 0 bridgehead atoms. The molecule has 1 rings (SSSR count). The van der Waals surface area contributed by atoms with E-state index < -0.39 is 0 Å². The van der Waals surface area contributed by atoms with Crippen molar-refractivity contribution in [1.29, 1.82) is 0 Å². The molecule has 0 aliphatic carbocycles. The molecule has 0 saturated heterocycles. The highest BCUT2D eigenvalue weighted by Crippen LogP contribution is 2.05. The summed E-state index contributed by atoms with van der Waals surface area (Å²) >= 11 is 1.68. The number of hydrogen-bond acceptors (Lipinski definition) is 2. The first kappa shape index (κ1) is 7.54. The van der Waals surface area contributed by atoms with E-state index in [1.165, 1.54) is 12.3 Å². The van der Waals surface area contributed by atoms with Crippen LogP contribution < -0.4 is 0 Å². The molecular formula is C7H8FNS. The van der Waals surface area contributed by atoms with Crippen LogP contribution in [0.2, 0.25) is 0 Å². The van der Waals surface area contributed by atoms with Crippen LogP contribution in [0.1, 0.15) is 5.69 Å². The van der Waals surface area contributed by atoms with Gasteiger partial charge in [-0.05, 0) is 18.4 Å². The highest BCUT2D eigenvalue weighted by molar-refractivity contribution is 7.97. The van der Waals surface area contributed by atoms with Gasteiger partial charge in [-0.3, -0.25) is 4.98 Å². The Morgan fingerprint density at radius 1 is 1.60 bits per heavy atom. The zero-order chi connectivity index (χ0) is 7.40. The fourth-order valence-electron chi connectivity index (χ4n) is 0.640. The third-order valence-electron chi connectivity index (χ3n) is 1.08. The second-order valence-electron chi connectivity index (χ2n) is 1.90. The monoisotopic (exact) mass is 157 g/mol. The molecule has 0 unspecified atom stereocenters. The number of nitrogens with zero attached hydrogens (tertiary/aromatic N) is 1. The van der Waals surface area contributed by atoms with Gasteiger partial charge in [0.05, 0.1) is 11.9 Å². The Bertz CT molecular complexity index is 197. The summed E-state index contributed by atoms with van der Waals surface area (Å²) in [6.07, 6.45) is 3.23. The Morgan fingerprint density at radius 3 is 2.90 bits per heavy atom. The predicted molar refractivity (Wildman–Crippen MR) is 41.4 cm³/mol. The first-order valence-electron chi connectivity index (χ1n) is 2.92. The van der Waals surface area contributed by atoms with Crippen molar-refractivity contribution in [3.8, 4) is 0 Å². The van der Waals surface area contributed by atoms with Gasteiger partial charge in [0.1, 0.15) is 5.82 Å². The van der Waals surface area contributed by atoms with Crippen LogP contribution in [0.5, 0.6) is 0 Å². The molecule has 0 aromatic carbocycles. The summed E-state index contributed by atoms with van der Waals surface area (Å²) in [5.41, 5.74) is 0.925. The molecule has 0 spiro atoms. The maximum absolute atomic E-state index is 12.3. The largest absolute Gasteiger partial charge is 0.257 e. The molecule has 0 amide bonds. The van der Waals surface area contributed by atoms with Crippen molar-refractivity contribution < 1.29 is 4.39 Å². The average Bonchev–Trinajstić information content (AvgIpc) is 1.95. The van der Waals surface area contributed by atoms with Crippen LogP contribution in [-0.2, 0) is 5.75 Å². The van der Waals surface area contributed by atoms with Gasteiger partial charge >= 0.3 is 0 Å². The van der Waals surface area contributed by atoms with E-state index in [2.05, 4.69) is 4.98 Å². The zero-order valence-electron chi connectivity index (χ0n) is 5.67. The topological polar surface area (TPSA) is 12.9 Å². The summed E-state index contributed by atoms with van der Waals surface area (Å²) in [5.74, 6) is 0.574. The summed E-state index contributed by atoms with van der Waals surface area (Å²) in [6.45, 7) is 0. The number of thioether (sulfide) groups is 1. The van der Waals surface area contributed by atoms with Crippen LogP contribution in [0.4, 0.5) is 4.39 Å². The average molecular weight is 157 g/mol. The maximum atomic E-state index is 12.3. The van der Waals surface area contributed by atoms with Crippen LogP contribution >= 0.6 is 11.8 Å². The Kier molecular flexibility index (Phi) is 2.68. The second-order valence-corrected chi connectivity index (χ2v) is 2.77. The van der Waals surface area contributed by atoms with Gasteiger partial charge < -0.3 is 0 Å². The molecule has 0 fully saturated rings. The van der Waals surface area contributed by atoms with E-state index in [-0.39, 0.29) is 5.82 Å². The molecule has 3 heteroatoms. The van der Waals surface area contributed by atoms with E-state index >= 15 is 0 Å². The summed E-state index contributed by atoms with van der Waals surface area (Å²) in [5, 5.41) is 0. The lowest BCUT2D eigenvalue weighted by molar-refractivity contribution is 0.620. The number of halogens is 1. The predicted octanol–water partition coefficient (Wildman–Crippen LogP) is 2.08. The molecule has 0 N–H and O–H groups in total. The van der Waals surface area contributed by atoms with Crippen LogP contribution in [-0.4, -0.2) is 11.2 Å². The molecule has 0 saturated carbocycles. The number of pyridine rings is 1. The van der Waals surface area contributed by atoms with Crippen LogP contribution in [0.25, 0.3) is 0 Å². The van der Waals surface area contributed by atoms with Gasteiger partial charge in [0.15, 0.2) is 0 Å². The van der Waals surface area contributed by atoms with Crippen molar-refractivity contribution in [3.63, 3.8) is 0 Å². The molecule has 0 aliphatic heterocycles. The lowest BCUT2D eigenvalue weighted by atomic mass is 10.4. The van der Waals surface area contributed by atoms with E-state index in [1.54, 1.807) is 17.8 Å². The van der Waals surface area contributed by atoms with Gasteiger partial charge in [0.2, 0.25) is 0 Å².